The quantitative estimate of drug-likeness (QED) is 0.678. The van der Waals surface area contributed by atoms with Gasteiger partial charge in [-0.15, -0.1) is 0 Å². The Kier molecular flexibility index (Phi) is 2.72. The Morgan fingerprint density at radius 2 is 2.17 bits per heavy atom. The van der Waals surface area contributed by atoms with Crippen molar-refractivity contribution in [2.75, 3.05) is 0 Å². The molecule has 0 unspecified atom stereocenters. The van der Waals surface area contributed by atoms with Gasteiger partial charge in [0.2, 0.25) is 5.82 Å². The summed E-state index contributed by atoms with van der Waals surface area (Å²) < 4.78 is 6.94. The second-order valence-electron chi connectivity index (χ2n) is 3.74. The first-order valence-electron chi connectivity index (χ1n) is 5.21. The van der Waals surface area contributed by atoms with Crippen LogP contribution in [-0.4, -0.2) is 19.6 Å². The van der Waals surface area contributed by atoms with Crippen molar-refractivity contribution in [3.63, 3.8) is 0 Å². The molecule has 0 radical (unpaired) electrons. The third-order valence-corrected chi connectivity index (χ3v) is 2.79. The highest BCUT2D eigenvalue weighted by Crippen LogP contribution is 2.25. The van der Waals surface area contributed by atoms with Crippen LogP contribution in [0.25, 0.3) is 17.2 Å². The number of alkyl halides is 2. The van der Waals surface area contributed by atoms with E-state index in [0.29, 0.717) is 23.1 Å². The largest absolute Gasteiger partial charge is 0.461 e. The second-order valence-corrected chi connectivity index (χ2v) is 4.84. The lowest BCUT2D eigenvalue weighted by molar-refractivity contribution is 0.572. The van der Waals surface area contributed by atoms with Gasteiger partial charge in [-0.25, -0.2) is 9.97 Å². The Hall–Kier alpha value is -1.59. The molecule has 3 aromatic rings. The second kappa shape index (κ2) is 4.26. The molecule has 0 aliphatic carbocycles. The van der Waals surface area contributed by atoms with Crippen LogP contribution in [0.5, 0.6) is 0 Å². The van der Waals surface area contributed by atoms with E-state index < -0.39 is 4.84 Å². The molecule has 0 N–H and O–H groups in total. The van der Waals surface area contributed by atoms with Gasteiger partial charge in [0.05, 0.1) is 12.0 Å². The van der Waals surface area contributed by atoms with Crippen molar-refractivity contribution in [1.29, 1.82) is 0 Å². The molecule has 3 rings (SSSR count). The molecule has 0 atom stereocenters. The molecule has 0 spiro atoms. The number of halogens is 2. The van der Waals surface area contributed by atoms with Gasteiger partial charge < -0.3 is 4.42 Å². The lowest BCUT2D eigenvalue weighted by atomic mass is 10.4. The number of rotatable bonds is 2. The summed E-state index contributed by atoms with van der Waals surface area (Å²) in [5.74, 6) is 1.44. The molecule has 0 bridgehead atoms. The van der Waals surface area contributed by atoms with Crippen LogP contribution < -0.4 is 0 Å². The van der Waals surface area contributed by atoms with Gasteiger partial charge in [0.1, 0.15) is 0 Å². The van der Waals surface area contributed by atoms with E-state index in [-0.39, 0.29) is 0 Å². The molecule has 92 valence electrons. The van der Waals surface area contributed by atoms with Crippen molar-refractivity contribution >= 4 is 28.8 Å². The molecular formula is C11H8Cl2N4O. The van der Waals surface area contributed by atoms with Crippen molar-refractivity contribution in [3.8, 4) is 11.6 Å². The lowest BCUT2D eigenvalue weighted by Crippen LogP contribution is -2.04. The summed E-state index contributed by atoms with van der Waals surface area (Å²) in [6, 6.07) is 5.39. The van der Waals surface area contributed by atoms with E-state index in [1.54, 1.807) is 22.9 Å². The van der Waals surface area contributed by atoms with Crippen LogP contribution >= 0.6 is 23.2 Å². The Balaban J connectivity index is 2.33. The molecule has 0 aliphatic heterocycles. The summed E-state index contributed by atoms with van der Waals surface area (Å²) in [4.78, 5) is 7.75. The number of aryl methyl sites for hydroxylation is 1. The van der Waals surface area contributed by atoms with Gasteiger partial charge in [0.25, 0.3) is 0 Å². The van der Waals surface area contributed by atoms with Gasteiger partial charge in [-0.05, 0) is 19.1 Å². The van der Waals surface area contributed by atoms with Gasteiger partial charge >= 0.3 is 0 Å². The summed E-state index contributed by atoms with van der Waals surface area (Å²) >= 11 is 11.6. The zero-order valence-corrected chi connectivity index (χ0v) is 10.9. The van der Waals surface area contributed by atoms with Crippen LogP contribution in [0.2, 0.25) is 0 Å². The molecule has 0 amide bonds. The molecule has 0 aromatic carbocycles. The fraction of sp³-hybridized carbons (Fsp3) is 0.182. The number of furan rings is 1. The minimum absolute atomic E-state index is 0.331. The Morgan fingerprint density at radius 3 is 2.83 bits per heavy atom. The minimum Gasteiger partial charge on any atom is -0.461 e. The van der Waals surface area contributed by atoms with E-state index in [9.17, 15) is 0 Å². The van der Waals surface area contributed by atoms with E-state index in [2.05, 4.69) is 15.1 Å². The van der Waals surface area contributed by atoms with Gasteiger partial charge in [-0.2, -0.15) is 9.61 Å². The van der Waals surface area contributed by atoms with Crippen molar-refractivity contribution in [3.05, 3.63) is 36.0 Å². The molecule has 0 fully saturated rings. The molecule has 3 heterocycles. The SMILES string of the molecule is Cc1cc2nc(C(Cl)Cl)nc(-c3ccco3)n2n1. The zero-order chi connectivity index (χ0) is 12.7. The molecule has 0 aliphatic rings. The highest BCUT2D eigenvalue weighted by atomic mass is 35.5. The van der Waals surface area contributed by atoms with Crippen LogP contribution in [-0.2, 0) is 0 Å². The van der Waals surface area contributed by atoms with Gasteiger partial charge in [0.15, 0.2) is 22.1 Å². The number of fused-ring (bicyclic) bond motifs is 1. The minimum atomic E-state index is -0.793. The summed E-state index contributed by atoms with van der Waals surface area (Å²) in [6.07, 6.45) is 1.57. The maximum Gasteiger partial charge on any atom is 0.200 e. The summed E-state index contributed by atoms with van der Waals surface area (Å²) in [5, 5.41) is 4.32. The van der Waals surface area contributed by atoms with E-state index in [4.69, 9.17) is 27.6 Å². The van der Waals surface area contributed by atoms with Crippen molar-refractivity contribution in [1.82, 2.24) is 19.6 Å². The highest BCUT2D eigenvalue weighted by Gasteiger charge is 2.16. The number of hydrogen-bond acceptors (Lipinski definition) is 4. The first-order valence-corrected chi connectivity index (χ1v) is 6.09. The molecule has 0 saturated carbocycles. The van der Waals surface area contributed by atoms with Crippen LogP contribution in [0.4, 0.5) is 0 Å². The first kappa shape index (κ1) is 11.5. The topological polar surface area (TPSA) is 56.2 Å². The summed E-state index contributed by atoms with van der Waals surface area (Å²) in [6.45, 7) is 1.87. The van der Waals surface area contributed by atoms with Crippen LogP contribution in [0, 0.1) is 6.92 Å². The fourth-order valence-electron chi connectivity index (χ4n) is 1.68. The number of hydrogen-bond donors (Lipinski definition) is 0. The Morgan fingerprint density at radius 1 is 1.33 bits per heavy atom. The van der Waals surface area contributed by atoms with Gasteiger partial charge in [-0.3, -0.25) is 0 Å². The zero-order valence-electron chi connectivity index (χ0n) is 9.34. The average molecular weight is 283 g/mol. The molecule has 18 heavy (non-hydrogen) atoms. The third kappa shape index (κ3) is 1.85. The summed E-state index contributed by atoms with van der Waals surface area (Å²) in [7, 11) is 0. The average Bonchev–Trinajstić information content (AvgIpc) is 2.94. The van der Waals surface area contributed by atoms with E-state index >= 15 is 0 Å². The normalized spacial score (nSPS) is 11.6. The molecule has 5 nitrogen and oxygen atoms in total. The molecule has 7 heteroatoms. The molecular weight excluding hydrogens is 275 g/mol. The predicted octanol–water partition coefficient (Wildman–Crippen LogP) is 3.17. The lowest BCUT2D eigenvalue weighted by Gasteiger charge is -2.04. The first-order chi connectivity index (χ1) is 8.65. The van der Waals surface area contributed by atoms with Crippen LogP contribution in [0.3, 0.4) is 0 Å². The van der Waals surface area contributed by atoms with Crippen molar-refractivity contribution in [2.45, 2.75) is 11.8 Å². The van der Waals surface area contributed by atoms with E-state index in [1.165, 1.54) is 0 Å². The monoisotopic (exact) mass is 282 g/mol. The van der Waals surface area contributed by atoms with Crippen LogP contribution in [0.1, 0.15) is 16.4 Å². The highest BCUT2D eigenvalue weighted by molar-refractivity contribution is 6.43. The fourth-order valence-corrected chi connectivity index (χ4v) is 1.88. The summed E-state index contributed by atoms with van der Waals surface area (Å²) in [5.41, 5.74) is 1.46. The van der Waals surface area contributed by atoms with E-state index in [1.807, 2.05) is 13.0 Å². The maximum absolute atomic E-state index is 5.82. The predicted molar refractivity (Wildman–Crippen MR) is 67.7 cm³/mol. The van der Waals surface area contributed by atoms with Gasteiger partial charge in [0, 0.05) is 6.07 Å². The Bertz CT molecular complexity index is 690. The number of nitrogens with zero attached hydrogens (tertiary/aromatic N) is 4. The number of aromatic nitrogens is 4. The molecule has 0 saturated heterocycles. The standard InChI is InChI=1S/C11H8Cl2N4O/c1-6-5-8-14-10(9(12)13)15-11(17(8)16-6)7-3-2-4-18-7/h2-5,9H,1H3. The maximum atomic E-state index is 5.82. The Labute approximate surface area is 112 Å². The smallest absolute Gasteiger partial charge is 0.200 e. The van der Waals surface area contributed by atoms with Crippen molar-refractivity contribution < 1.29 is 4.42 Å². The third-order valence-electron chi connectivity index (χ3n) is 2.40. The van der Waals surface area contributed by atoms with Crippen LogP contribution in [0.15, 0.2) is 28.9 Å². The van der Waals surface area contributed by atoms with Gasteiger partial charge in [-0.1, -0.05) is 23.2 Å². The van der Waals surface area contributed by atoms with E-state index in [0.717, 1.165) is 5.69 Å². The van der Waals surface area contributed by atoms with Crippen molar-refractivity contribution in [2.24, 2.45) is 0 Å². The molecule has 3 aromatic heterocycles.